The summed E-state index contributed by atoms with van der Waals surface area (Å²) in [4.78, 5) is 0. The summed E-state index contributed by atoms with van der Waals surface area (Å²) >= 11 is 0. The molecule has 0 bridgehead atoms. The lowest BCUT2D eigenvalue weighted by molar-refractivity contribution is -0.0578. The van der Waals surface area contributed by atoms with Gasteiger partial charge in [-0.15, -0.1) is 6.58 Å². The number of unbranched alkanes of at least 4 members (excludes halogenated alkanes) is 3. The van der Waals surface area contributed by atoms with Gasteiger partial charge in [-0.2, -0.15) is 0 Å². The molecule has 9 atom stereocenters. The quantitative estimate of drug-likeness (QED) is 0.202. The summed E-state index contributed by atoms with van der Waals surface area (Å²) in [6.07, 6.45) is 23.4. The Bertz CT molecular complexity index is 799. The molecule has 4 rings (SSSR count). The third-order valence-corrected chi connectivity index (χ3v) is 13.0. The van der Waals surface area contributed by atoms with Crippen LogP contribution in [0.5, 0.6) is 0 Å². The smallest absolute Gasteiger partial charge is 0.0577 e. The van der Waals surface area contributed by atoms with Gasteiger partial charge in [0.2, 0.25) is 0 Å². The van der Waals surface area contributed by atoms with Crippen molar-refractivity contribution in [3.63, 3.8) is 0 Å². The van der Waals surface area contributed by atoms with Crippen LogP contribution in [0.3, 0.4) is 0 Å². The molecule has 0 aromatic rings. The second-order valence-corrected chi connectivity index (χ2v) is 14.9. The predicted molar refractivity (Wildman–Crippen MR) is 157 cm³/mol. The number of allylic oxidation sites excluding steroid dienone is 2. The van der Waals surface area contributed by atoms with Gasteiger partial charge in [-0.25, -0.2) is 0 Å². The number of aliphatic hydroxyl groups is 2. The molecule has 2 heteroatoms. The molecule has 2 N–H and O–H groups in total. The highest BCUT2D eigenvalue weighted by Crippen LogP contribution is 2.67. The number of fused-ring (bicyclic) bond motifs is 5. The van der Waals surface area contributed by atoms with Crippen molar-refractivity contribution in [2.45, 2.75) is 137 Å². The van der Waals surface area contributed by atoms with E-state index in [-0.39, 0.29) is 11.5 Å². The molecule has 0 heterocycles. The van der Waals surface area contributed by atoms with Crippen LogP contribution in [0.15, 0.2) is 24.3 Å². The molecule has 0 aromatic heterocycles. The van der Waals surface area contributed by atoms with Gasteiger partial charge in [-0.05, 0) is 129 Å². The summed E-state index contributed by atoms with van der Waals surface area (Å²) < 4.78 is 0. The second-order valence-electron chi connectivity index (χ2n) is 14.9. The van der Waals surface area contributed by atoms with Crippen LogP contribution in [0.25, 0.3) is 0 Å². The average Bonchev–Trinajstić information content (AvgIpc) is 3.23. The molecule has 3 saturated carbocycles. The largest absolute Gasteiger partial charge is 0.396 e. The van der Waals surface area contributed by atoms with Crippen LogP contribution in [0.4, 0.5) is 0 Å². The molecule has 5 unspecified atom stereocenters. The minimum absolute atomic E-state index is 0.101. The Labute approximate surface area is 229 Å². The maximum absolute atomic E-state index is 10.3. The zero-order valence-electron chi connectivity index (χ0n) is 25.1. The van der Waals surface area contributed by atoms with E-state index in [9.17, 15) is 5.11 Å². The van der Waals surface area contributed by atoms with E-state index in [2.05, 4.69) is 53.3 Å². The third kappa shape index (κ3) is 5.54. The highest BCUT2D eigenvalue weighted by Gasteiger charge is 2.59. The van der Waals surface area contributed by atoms with Crippen molar-refractivity contribution in [3.8, 4) is 0 Å². The van der Waals surface area contributed by atoms with Crippen LogP contribution in [0.1, 0.15) is 131 Å². The van der Waals surface area contributed by atoms with Crippen LogP contribution >= 0.6 is 0 Å². The van der Waals surface area contributed by atoms with Gasteiger partial charge in [0.15, 0.2) is 0 Å². The van der Waals surface area contributed by atoms with E-state index < -0.39 is 0 Å². The first-order valence-electron chi connectivity index (χ1n) is 16.2. The van der Waals surface area contributed by atoms with E-state index in [4.69, 9.17) is 5.11 Å². The van der Waals surface area contributed by atoms with E-state index in [0.29, 0.717) is 23.4 Å². The molecule has 0 aromatic carbocycles. The van der Waals surface area contributed by atoms with E-state index in [0.717, 1.165) is 55.3 Å². The lowest BCUT2D eigenvalue weighted by Gasteiger charge is -2.58. The van der Waals surface area contributed by atoms with Crippen molar-refractivity contribution < 1.29 is 10.2 Å². The Morgan fingerprint density at radius 3 is 2.46 bits per heavy atom. The monoisotopic (exact) mass is 512 g/mol. The van der Waals surface area contributed by atoms with Crippen molar-refractivity contribution in [3.05, 3.63) is 24.3 Å². The molecule has 0 aliphatic heterocycles. The Kier molecular flexibility index (Phi) is 9.43. The Morgan fingerprint density at radius 2 is 1.76 bits per heavy atom. The fourth-order valence-corrected chi connectivity index (χ4v) is 10.4. The molecule has 2 nitrogen and oxygen atoms in total. The normalized spacial score (nSPS) is 39.8. The van der Waals surface area contributed by atoms with Gasteiger partial charge in [0.1, 0.15) is 0 Å². The first kappa shape index (κ1) is 29.4. The van der Waals surface area contributed by atoms with Gasteiger partial charge in [0.05, 0.1) is 6.10 Å². The van der Waals surface area contributed by atoms with Crippen LogP contribution in [-0.2, 0) is 0 Å². The van der Waals surface area contributed by atoms with Crippen molar-refractivity contribution in [2.75, 3.05) is 6.61 Å². The molecule has 0 amide bonds. The second kappa shape index (κ2) is 11.9. The zero-order valence-corrected chi connectivity index (χ0v) is 25.1. The van der Waals surface area contributed by atoms with Crippen LogP contribution in [0, 0.1) is 51.8 Å². The van der Waals surface area contributed by atoms with E-state index >= 15 is 0 Å². The van der Waals surface area contributed by atoms with Gasteiger partial charge in [-0.1, -0.05) is 71.6 Å². The fourth-order valence-electron chi connectivity index (χ4n) is 10.4. The molecule has 37 heavy (non-hydrogen) atoms. The van der Waals surface area contributed by atoms with Gasteiger partial charge in [0, 0.05) is 6.61 Å². The Balaban J connectivity index is 1.41. The Morgan fingerprint density at radius 1 is 1.00 bits per heavy atom. The van der Waals surface area contributed by atoms with Gasteiger partial charge >= 0.3 is 0 Å². The standard InChI is InChI=1S/C35H60O2/c1-7-35(25(2)3,19-10-8-9-11-23-36)22-16-26(4)30-14-15-31-29-13-12-27-24-28(37)17-20-33(27,5)32(29)18-21-34(30,31)6/h7,12,25-26,28-32,36-37H,1,8-11,13-24H2,2-6H3/t26?,28-,29?,30+,31?,32?,33-,34+,35?/m0/s1. The van der Waals surface area contributed by atoms with E-state index in [1.165, 1.54) is 70.6 Å². The first-order valence-corrected chi connectivity index (χ1v) is 16.2. The topological polar surface area (TPSA) is 40.5 Å². The molecule has 0 saturated heterocycles. The number of hydrogen-bond donors (Lipinski definition) is 2. The van der Waals surface area contributed by atoms with Crippen molar-refractivity contribution >= 4 is 0 Å². The summed E-state index contributed by atoms with van der Waals surface area (Å²) in [5.41, 5.74) is 2.72. The van der Waals surface area contributed by atoms with E-state index in [1.807, 2.05) is 0 Å². The lowest BCUT2D eigenvalue weighted by atomic mass is 9.47. The average molecular weight is 513 g/mol. The summed E-state index contributed by atoms with van der Waals surface area (Å²) in [5.74, 6) is 4.88. The maximum Gasteiger partial charge on any atom is 0.0577 e. The molecular weight excluding hydrogens is 452 g/mol. The summed E-state index contributed by atoms with van der Waals surface area (Å²) in [5, 5.41) is 19.5. The van der Waals surface area contributed by atoms with Crippen LogP contribution in [0.2, 0.25) is 0 Å². The minimum atomic E-state index is -0.101. The van der Waals surface area contributed by atoms with Crippen molar-refractivity contribution in [2.24, 2.45) is 51.8 Å². The zero-order chi connectivity index (χ0) is 26.8. The van der Waals surface area contributed by atoms with E-state index in [1.54, 1.807) is 5.57 Å². The third-order valence-electron chi connectivity index (χ3n) is 13.0. The molecule has 0 radical (unpaired) electrons. The van der Waals surface area contributed by atoms with Gasteiger partial charge in [-0.3, -0.25) is 0 Å². The molecule has 3 fully saturated rings. The molecule has 0 spiro atoms. The highest BCUT2D eigenvalue weighted by atomic mass is 16.3. The fraction of sp³-hybridized carbons (Fsp3) is 0.886. The number of rotatable bonds is 12. The van der Waals surface area contributed by atoms with Crippen molar-refractivity contribution in [1.82, 2.24) is 0 Å². The Hall–Kier alpha value is -0.600. The summed E-state index contributed by atoms with van der Waals surface area (Å²) in [7, 11) is 0. The molecule has 4 aliphatic rings. The lowest BCUT2D eigenvalue weighted by Crippen LogP contribution is -2.50. The highest BCUT2D eigenvalue weighted by molar-refractivity contribution is 5.25. The summed E-state index contributed by atoms with van der Waals surface area (Å²) in [6.45, 7) is 17.3. The SMILES string of the molecule is C=CC(CCCCCCO)(CCC(C)[C@H]1CCC2C3CC=C4C[C@@H](O)CC[C@]4(C)C3CC[C@@]21C)C(C)C. The minimum Gasteiger partial charge on any atom is -0.396 e. The number of hydrogen-bond acceptors (Lipinski definition) is 2. The van der Waals surface area contributed by atoms with Crippen molar-refractivity contribution in [1.29, 1.82) is 0 Å². The van der Waals surface area contributed by atoms with Crippen LogP contribution in [-0.4, -0.2) is 22.9 Å². The molecule has 4 aliphatic carbocycles. The first-order chi connectivity index (χ1) is 17.6. The van der Waals surface area contributed by atoms with Crippen LogP contribution < -0.4 is 0 Å². The maximum atomic E-state index is 10.3. The van der Waals surface area contributed by atoms with Gasteiger partial charge < -0.3 is 10.2 Å². The molecular formula is C35H60O2. The van der Waals surface area contributed by atoms with Gasteiger partial charge in [0.25, 0.3) is 0 Å². The summed E-state index contributed by atoms with van der Waals surface area (Å²) in [6, 6.07) is 0. The number of aliphatic hydroxyl groups excluding tert-OH is 2. The predicted octanol–water partition coefficient (Wildman–Crippen LogP) is 9.11. The molecule has 212 valence electrons.